The molecule has 1 aromatic heterocycles. The first kappa shape index (κ1) is 16.4. The number of rotatable bonds is 5. The molecule has 22 heavy (non-hydrogen) atoms. The fraction of sp³-hybridized carbons (Fsp3) is 0.214. The topological polar surface area (TPSA) is 76.0 Å². The molecule has 0 unspecified atom stereocenters. The lowest BCUT2D eigenvalue weighted by Crippen LogP contribution is -2.42. The third kappa shape index (κ3) is 4.25. The standard InChI is InChI=1S/C14H15ClN4O2S/c1-2-19-8-7-16-14(19)22-9-12(20)17-18-13(21)10-5-3-4-6-11(10)15/h3-8H,2,9H2,1H3,(H,17,20)(H,18,21). The number of hydrazine groups is 1. The van der Waals surface area contributed by atoms with Crippen molar-refractivity contribution in [1.29, 1.82) is 0 Å². The Bertz CT molecular complexity index is 674. The number of hydrogen-bond acceptors (Lipinski definition) is 4. The van der Waals surface area contributed by atoms with Crippen LogP contribution in [0.25, 0.3) is 0 Å². The summed E-state index contributed by atoms with van der Waals surface area (Å²) in [7, 11) is 0. The van der Waals surface area contributed by atoms with Crippen molar-refractivity contribution in [2.45, 2.75) is 18.6 Å². The lowest BCUT2D eigenvalue weighted by atomic mass is 10.2. The quantitative estimate of drug-likeness (QED) is 0.646. The van der Waals surface area contributed by atoms with Gasteiger partial charge in [0.15, 0.2) is 5.16 Å². The Morgan fingerprint density at radius 1 is 1.32 bits per heavy atom. The van der Waals surface area contributed by atoms with Crippen LogP contribution in [-0.2, 0) is 11.3 Å². The molecule has 0 saturated carbocycles. The van der Waals surface area contributed by atoms with E-state index in [1.54, 1.807) is 30.5 Å². The number of nitrogens with one attached hydrogen (secondary N) is 2. The Labute approximate surface area is 137 Å². The van der Waals surface area contributed by atoms with Gasteiger partial charge in [-0.15, -0.1) is 0 Å². The first-order valence-electron chi connectivity index (χ1n) is 6.59. The van der Waals surface area contributed by atoms with E-state index in [0.29, 0.717) is 10.6 Å². The maximum absolute atomic E-state index is 11.9. The Morgan fingerprint density at radius 3 is 2.82 bits per heavy atom. The average molecular weight is 339 g/mol. The molecular formula is C14H15ClN4O2S. The van der Waals surface area contributed by atoms with Gasteiger partial charge >= 0.3 is 0 Å². The van der Waals surface area contributed by atoms with E-state index in [1.165, 1.54) is 11.8 Å². The van der Waals surface area contributed by atoms with E-state index in [2.05, 4.69) is 15.8 Å². The number of nitrogens with zero attached hydrogens (tertiary/aromatic N) is 2. The number of aryl methyl sites for hydroxylation is 1. The zero-order valence-corrected chi connectivity index (χ0v) is 13.4. The Hall–Kier alpha value is -1.99. The summed E-state index contributed by atoms with van der Waals surface area (Å²) in [6.07, 6.45) is 3.53. The number of imidazole rings is 1. The van der Waals surface area contributed by atoms with E-state index >= 15 is 0 Å². The molecule has 2 aromatic rings. The molecule has 0 atom stereocenters. The molecule has 0 bridgehead atoms. The minimum atomic E-state index is -0.459. The monoisotopic (exact) mass is 338 g/mol. The Morgan fingerprint density at radius 2 is 2.09 bits per heavy atom. The summed E-state index contributed by atoms with van der Waals surface area (Å²) in [6, 6.07) is 6.61. The van der Waals surface area contributed by atoms with Gasteiger partial charge in [0.1, 0.15) is 0 Å². The number of halogens is 1. The second kappa shape index (κ2) is 7.86. The molecule has 1 heterocycles. The number of benzene rings is 1. The van der Waals surface area contributed by atoms with Gasteiger partial charge in [0.25, 0.3) is 5.91 Å². The van der Waals surface area contributed by atoms with Crippen molar-refractivity contribution in [1.82, 2.24) is 20.4 Å². The second-order valence-electron chi connectivity index (χ2n) is 4.27. The van der Waals surface area contributed by atoms with Crippen LogP contribution in [0.5, 0.6) is 0 Å². The summed E-state index contributed by atoms with van der Waals surface area (Å²) in [6.45, 7) is 2.78. The zero-order chi connectivity index (χ0) is 15.9. The molecular weight excluding hydrogens is 324 g/mol. The first-order valence-corrected chi connectivity index (χ1v) is 7.95. The predicted octanol–water partition coefficient (Wildman–Crippen LogP) is 2.11. The third-order valence-corrected chi connectivity index (χ3v) is 4.12. The highest BCUT2D eigenvalue weighted by atomic mass is 35.5. The van der Waals surface area contributed by atoms with Crippen molar-refractivity contribution in [2.24, 2.45) is 0 Å². The number of aromatic nitrogens is 2. The molecule has 0 spiro atoms. The van der Waals surface area contributed by atoms with Crippen molar-refractivity contribution in [2.75, 3.05) is 5.75 Å². The van der Waals surface area contributed by atoms with E-state index in [1.807, 2.05) is 17.7 Å². The summed E-state index contributed by atoms with van der Waals surface area (Å²) >= 11 is 7.21. The fourth-order valence-electron chi connectivity index (χ4n) is 1.68. The van der Waals surface area contributed by atoms with Crippen molar-refractivity contribution in [3.05, 3.63) is 47.2 Å². The molecule has 2 amide bonds. The molecule has 0 saturated heterocycles. The van der Waals surface area contributed by atoms with Crippen LogP contribution in [0.2, 0.25) is 5.02 Å². The minimum absolute atomic E-state index is 0.153. The summed E-state index contributed by atoms with van der Waals surface area (Å²) in [5, 5.41) is 1.09. The van der Waals surface area contributed by atoms with Crippen molar-refractivity contribution >= 4 is 35.2 Å². The first-order chi connectivity index (χ1) is 10.6. The number of thioether (sulfide) groups is 1. The Balaban J connectivity index is 1.81. The highest BCUT2D eigenvalue weighted by Gasteiger charge is 2.11. The number of amides is 2. The van der Waals surface area contributed by atoms with Gasteiger partial charge in [-0.25, -0.2) is 4.98 Å². The summed E-state index contributed by atoms with van der Waals surface area (Å²) in [4.78, 5) is 27.8. The maximum atomic E-state index is 11.9. The van der Waals surface area contributed by atoms with Crippen LogP contribution < -0.4 is 10.9 Å². The predicted molar refractivity (Wildman–Crippen MR) is 85.7 cm³/mol. The van der Waals surface area contributed by atoms with E-state index in [4.69, 9.17) is 11.6 Å². The minimum Gasteiger partial charge on any atom is -0.326 e. The van der Waals surface area contributed by atoms with Gasteiger partial charge in [-0.3, -0.25) is 20.4 Å². The maximum Gasteiger partial charge on any atom is 0.271 e. The fourth-order valence-corrected chi connectivity index (χ4v) is 2.73. The Kier molecular flexibility index (Phi) is 5.85. The van der Waals surface area contributed by atoms with Crippen LogP contribution in [0.3, 0.4) is 0 Å². The molecule has 2 rings (SSSR count). The van der Waals surface area contributed by atoms with Crippen molar-refractivity contribution in [3.8, 4) is 0 Å². The van der Waals surface area contributed by atoms with Crippen LogP contribution >= 0.6 is 23.4 Å². The molecule has 0 aliphatic heterocycles. The average Bonchev–Trinajstić information content (AvgIpc) is 2.98. The van der Waals surface area contributed by atoms with E-state index in [-0.39, 0.29) is 11.7 Å². The number of hydrogen-bond donors (Lipinski definition) is 2. The normalized spacial score (nSPS) is 10.3. The van der Waals surface area contributed by atoms with Crippen LogP contribution in [-0.4, -0.2) is 27.1 Å². The van der Waals surface area contributed by atoms with Gasteiger partial charge in [-0.05, 0) is 19.1 Å². The van der Waals surface area contributed by atoms with Gasteiger partial charge in [-0.1, -0.05) is 35.5 Å². The third-order valence-electron chi connectivity index (χ3n) is 2.78. The van der Waals surface area contributed by atoms with E-state index < -0.39 is 5.91 Å². The largest absolute Gasteiger partial charge is 0.326 e. The van der Waals surface area contributed by atoms with Gasteiger partial charge in [0.05, 0.1) is 16.3 Å². The second-order valence-corrected chi connectivity index (χ2v) is 5.62. The van der Waals surface area contributed by atoms with Crippen LogP contribution in [0.4, 0.5) is 0 Å². The zero-order valence-electron chi connectivity index (χ0n) is 11.9. The van der Waals surface area contributed by atoms with Crippen LogP contribution in [0.15, 0.2) is 41.8 Å². The summed E-state index contributed by atoms with van der Waals surface area (Å²) in [5.41, 5.74) is 4.99. The molecule has 6 nitrogen and oxygen atoms in total. The van der Waals surface area contributed by atoms with Gasteiger partial charge in [0.2, 0.25) is 5.91 Å². The molecule has 2 N–H and O–H groups in total. The molecule has 0 fully saturated rings. The smallest absolute Gasteiger partial charge is 0.271 e. The molecule has 0 aliphatic carbocycles. The SMILES string of the molecule is CCn1ccnc1SCC(=O)NNC(=O)c1ccccc1Cl. The van der Waals surface area contributed by atoms with Gasteiger partial charge < -0.3 is 4.57 Å². The van der Waals surface area contributed by atoms with Gasteiger partial charge in [-0.2, -0.15) is 0 Å². The molecule has 116 valence electrons. The highest BCUT2D eigenvalue weighted by molar-refractivity contribution is 7.99. The van der Waals surface area contributed by atoms with Gasteiger partial charge in [0, 0.05) is 18.9 Å². The highest BCUT2D eigenvalue weighted by Crippen LogP contribution is 2.15. The molecule has 0 aliphatic rings. The summed E-state index contributed by atoms with van der Waals surface area (Å²) < 4.78 is 1.93. The van der Waals surface area contributed by atoms with Crippen molar-refractivity contribution < 1.29 is 9.59 Å². The lowest BCUT2D eigenvalue weighted by Gasteiger charge is -2.08. The lowest BCUT2D eigenvalue weighted by molar-refractivity contribution is -0.119. The number of carbonyl (C=O) groups is 2. The summed E-state index contributed by atoms with van der Waals surface area (Å²) in [5.74, 6) is -0.630. The van der Waals surface area contributed by atoms with E-state index in [0.717, 1.165) is 11.7 Å². The van der Waals surface area contributed by atoms with Crippen LogP contribution in [0, 0.1) is 0 Å². The van der Waals surface area contributed by atoms with Crippen molar-refractivity contribution in [3.63, 3.8) is 0 Å². The molecule has 8 heteroatoms. The number of carbonyl (C=O) groups excluding carboxylic acids is 2. The molecule has 0 radical (unpaired) electrons. The van der Waals surface area contributed by atoms with E-state index in [9.17, 15) is 9.59 Å². The van der Waals surface area contributed by atoms with Crippen LogP contribution in [0.1, 0.15) is 17.3 Å². The molecule has 1 aromatic carbocycles.